The highest BCUT2D eigenvalue weighted by molar-refractivity contribution is 5.84. The van der Waals surface area contributed by atoms with Gasteiger partial charge in [0.15, 0.2) is 5.82 Å². The molecular formula is C13H12N4O2. The summed E-state index contributed by atoms with van der Waals surface area (Å²) in [7, 11) is 0. The number of fused-ring (bicyclic) bond motifs is 3. The van der Waals surface area contributed by atoms with Crippen LogP contribution in [0.1, 0.15) is 12.7 Å². The second-order valence-corrected chi connectivity index (χ2v) is 4.12. The molecule has 3 rings (SSSR count). The average Bonchev–Trinajstić information content (AvgIpc) is 2.84. The van der Waals surface area contributed by atoms with E-state index in [9.17, 15) is 4.79 Å². The van der Waals surface area contributed by atoms with Gasteiger partial charge in [0.25, 0.3) is 5.56 Å². The molecule has 0 saturated carbocycles. The zero-order valence-corrected chi connectivity index (χ0v) is 10.3. The molecule has 19 heavy (non-hydrogen) atoms. The standard InChI is InChI=1S/C13H12N4O2/c1-2-16-9-5-3-4-6-10(9)17-11(13(16)18)7-14-12(17)8-15-19/h3-8,19H,2H2,1H3/b15-8-. The zero-order valence-electron chi connectivity index (χ0n) is 10.3. The molecule has 2 heterocycles. The Morgan fingerprint density at radius 1 is 1.32 bits per heavy atom. The number of para-hydroxylation sites is 2. The molecule has 0 fully saturated rings. The summed E-state index contributed by atoms with van der Waals surface area (Å²) in [5.74, 6) is 0.425. The second kappa shape index (κ2) is 4.24. The molecule has 0 unspecified atom stereocenters. The van der Waals surface area contributed by atoms with Crippen LogP contribution < -0.4 is 5.56 Å². The highest BCUT2D eigenvalue weighted by Crippen LogP contribution is 2.15. The van der Waals surface area contributed by atoms with Crippen molar-refractivity contribution in [3.63, 3.8) is 0 Å². The minimum atomic E-state index is -0.105. The first kappa shape index (κ1) is 11.5. The lowest BCUT2D eigenvalue weighted by Crippen LogP contribution is -2.22. The van der Waals surface area contributed by atoms with Gasteiger partial charge >= 0.3 is 0 Å². The summed E-state index contributed by atoms with van der Waals surface area (Å²) in [6, 6.07) is 7.58. The van der Waals surface area contributed by atoms with E-state index in [0.29, 0.717) is 17.9 Å². The molecule has 0 spiro atoms. The zero-order chi connectivity index (χ0) is 13.4. The molecule has 0 amide bonds. The number of hydrogen-bond acceptors (Lipinski definition) is 4. The molecule has 6 nitrogen and oxygen atoms in total. The Balaban J connectivity index is 2.62. The van der Waals surface area contributed by atoms with Gasteiger partial charge < -0.3 is 9.77 Å². The Morgan fingerprint density at radius 3 is 2.74 bits per heavy atom. The van der Waals surface area contributed by atoms with E-state index in [4.69, 9.17) is 5.21 Å². The van der Waals surface area contributed by atoms with Gasteiger partial charge in [-0.3, -0.25) is 9.20 Å². The fraction of sp³-hybridized carbons (Fsp3) is 0.154. The summed E-state index contributed by atoms with van der Waals surface area (Å²) in [6.45, 7) is 2.52. The molecule has 0 atom stereocenters. The van der Waals surface area contributed by atoms with E-state index >= 15 is 0 Å². The molecule has 0 aliphatic rings. The smallest absolute Gasteiger partial charge is 0.276 e. The van der Waals surface area contributed by atoms with E-state index in [-0.39, 0.29) is 5.56 Å². The lowest BCUT2D eigenvalue weighted by molar-refractivity contribution is 0.321. The van der Waals surface area contributed by atoms with Gasteiger partial charge in [0.05, 0.1) is 17.2 Å². The Labute approximate surface area is 108 Å². The summed E-state index contributed by atoms with van der Waals surface area (Å²) >= 11 is 0. The maximum atomic E-state index is 12.4. The van der Waals surface area contributed by atoms with Crippen molar-refractivity contribution in [3.8, 4) is 0 Å². The van der Waals surface area contributed by atoms with Crippen molar-refractivity contribution in [2.45, 2.75) is 13.5 Å². The molecule has 0 bridgehead atoms. The third-order valence-corrected chi connectivity index (χ3v) is 3.16. The molecule has 6 heteroatoms. The summed E-state index contributed by atoms with van der Waals surface area (Å²) < 4.78 is 3.40. The number of nitrogens with zero attached hydrogens (tertiary/aromatic N) is 4. The molecule has 1 N–H and O–H groups in total. The van der Waals surface area contributed by atoms with Crippen LogP contribution in [0.25, 0.3) is 16.6 Å². The van der Waals surface area contributed by atoms with Gasteiger partial charge in [-0.15, -0.1) is 0 Å². The van der Waals surface area contributed by atoms with Crippen molar-refractivity contribution in [3.05, 3.63) is 46.6 Å². The second-order valence-electron chi connectivity index (χ2n) is 4.12. The third kappa shape index (κ3) is 1.53. The number of aryl methyl sites for hydroxylation is 1. The van der Waals surface area contributed by atoms with Gasteiger partial charge in [-0.1, -0.05) is 17.3 Å². The van der Waals surface area contributed by atoms with Gasteiger partial charge in [-0.25, -0.2) is 4.98 Å². The fourth-order valence-corrected chi connectivity index (χ4v) is 2.36. The number of rotatable bonds is 2. The Kier molecular flexibility index (Phi) is 2.56. The van der Waals surface area contributed by atoms with Crippen LogP contribution in [0.15, 0.2) is 40.4 Å². The molecule has 0 aliphatic carbocycles. The van der Waals surface area contributed by atoms with E-state index in [0.717, 1.165) is 11.0 Å². The number of imidazole rings is 1. The Hall–Kier alpha value is -2.63. The predicted molar refractivity (Wildman–Crippen MR) is 72.0 cm³/mol. The SMILES string of the molecule is CCn1c(=O)c2cnc(/C=N\O)n2c2ccccc21. The highest BCUT2D eigenvalue weighted by Gasteiger charge is 2.12. The number of oxime groups is 1. The molecule has 0 radical (unpaired) electrons. The number of benzene rings is 1. The predicted octanol–water partition coefficient (Wildman–Crippen LogP) is 1.48. The van der Waals surface area contributed by atoms with E-state index in [1.54, 1.807) is 8.97 Å². The quantitative estimate of drug-likeness (QED) is 0.429. The normalized spacial score (nSPS) is 11.8. The van der Waals surface area contributed by atoms with Crippen LogP contribution in [0.4, 0.5) is 0 Å². The molecule has 0 aliphatic heterocycles. The average molecular weight is 256 g/mol. The summed E-state index contributed by atoms with van der Waals surface area (Å²) in [4.78, 5) is 16.5. The maximum absolute atomic E-state index is 12.4. The minimum Gasteiger partial charge on any atom is -0.411 e. The first-order valence-corrected chi connectivity index (χ1v) is 5.94. The van der Waals surface area contributed by atoms with Crippen molar-refractivity contribution in [2.24, 2.45) is 5.16 Å². The maximum Gasteiger partial charge on any atom is 0.276 e. The number of aromatic nitrogens is 3. The van der Waals surface area contributed by atoms with Crippen LogP contribution in [0, 0.1) is 0 Å². The molecule has 0 saturated heterocycles. The fourth-order valence-electron chi connectivity index (χ4n) is 2.36. The monoisotopic (exact) mass is 256 g/mol. The van der Waals surface area contributed by atoms with Crippen LogP contribution in [-0.2, 0) is 6.54 Å². The van der Waals surface area contributed by atoms with Gasteiger partial charge in [0.2, 0.25) is 0 Å². The lowest BCUT2D eigenvalue weighted by Gasteiger charge is -2.10. The largest absolute Gasteiger partial charge is 0.411 e. The van der Waals surface area contributed by atoms with Crippen molar-refractivity contribution < 1.29 is 5.21 Å². The van der Waals surface area contributed by atoms with E-state index in [1.807, 2.05) is 31.2 Å². The van der Waals surface area contributed by atoms with Gasteiger partial charge in [0.1, 0.15) is 11.7 Å². The molecular weight excluding hydrogens is 244 g/mol. The highest BCUT2D eigenvalue weighted by atomic mass is 16.4. The van der Waals surface area contributed by atoms with Crippen molar-refractivity contribution in [1.29, 1.82) is 0 Å². The topological polar surface area (TPSA) is 71.9 Å². The summed E-state index contributed by atoms with van der Waals surface area (Å²) in [6.07, 6.45) is 2.72. The Bertz CT molecular complexity index is 845. The molecule has 1 aromatic carbocycles. The first-order chi connectivity index (χ1) is 9.27. The molecule has 96 valence electrons. The van der Waals surface area contributed by atoms with Crippen molar-refractivity contribution >= 4 is 22.8 Å². The first-order valence-electron chi connectivity index (χ1n) is 5.94. The van der Waals surface area contributed by atoms with Crippen molar-refractivity contribution in [1.82, 2.24) is 14.0 Å². The minimum absolute atomic E-state index is 0.105. The Morgan fingerprint density at radius 2 is 2.05 bits per heavy atom. The van der Waals surface area contributed by atoms with Gasteiger partial charge in [-0.2, -0.15) is 0 Å². The van der Waals surface area contributed by atoms with E-state index in [1.165, 1.54) is 12.4 Å². The van der Waals surface area contributed by atoms with Crippen LogP contribution in [0.3, 0.4) is 0 Å². The van der Waals surface area contributed by atoms with Crippen LogP contribution >= 0.6 is 0 Å². The summed E-state index contributed by atoms with van der Waals surface area (Å²) in [5.41, 5.74) is 2.04. The van der Waals surface area contributed by atoms with E-state index < -0.39 is 0 Å². The number of hydrogen-bond donors (Lipinski definition) is 1. The van der Waals surface area contributed by atoms with Crippen LogP contribution in [0.5, 0.6) is 0 Å². The molecule has 3 aromatic rings. The van der Waals surface area contributed by atoms with Crippen LogP contribution in [0.2, 0.25) is 0 Å². The molecule has 2 aromatic heterocycles. The van der Waals surface area contributed by atoms with Gasteiger partial charge in [-0.05, 0) is 19.1 Å². The summed E-state index contributed by atoms with van der Waals surface area (Å²) in [5, 5.41) is 11.7. The van der Waals surface area contributed by atoms with Gasteiger partial charge in [0, 0.05) is 6.54 Å². The van der Waals surface area contributed by atoms with E-state index in [2.05, 4.69) is 10.1 Å². The van der Waals surface area contributed by atoms with Crippen molar-refractivity contribution in [2.75, 3.05) is 0 Å². The third-order valence-electron chi connectivity index (χ3n) is 3.16. The lowest BCUT2D eigenvalue weighted by atomic mass is 10.2. The van der Waals surface area contributed by atoms with Crippen LogP contribution in [-0.4, -0.2) is 25.4 Å².